The molecule has 9 nitrogen and oxygen atoms in total. The van der Waals surface area contributed by atoms with Gasteiger partial charge in [-0.25, -0.2) is 9.59 Å². The van der Waals surface area contributed by atoms with Crippen molar-refractivity contribution in [1.82, 2.24) is 14.8 Å². The first-order valence-electron chi connectivity index (χ1n) is 9.06. The normalized spacial score (nSPS) is 13.2. The molecule has 0 aromatic carbocycles. The zero-order valence-electron chi connectivity index (χ0n) is 16.6. The lowest BCUT2D eigenvalue weighted by Crippen LogP contribution is -2.16. The first kappa shape index (κ1) is 21.3. The van der Waals surface area contributed by atoms with Gasteiger partial charge in [0, 0.05) is 12.5 Å². The van der Waals surface area contributed by atoms with Crippen LogP contribution in [0.5, 0.6) is 0 Å². The van der Waals surface area contributed by atoms with Gasteiger partial charge in [0.05, 0.1) is 25.5 Å². The van der Waals surface area contributed by atoms with Crippen molar-refractivity contribution in [3.63, 3.8) is 0 Å². The average molecular weight is 439 g/mol. The fourth-order valence-corrected chi connectivity index (χ4v) is 4.82. The van der Waals surface area contributed by atoms with Gasteiger partial charge >= 0.3 is 11.9 Å². The van der Waals surface area contributed by atoms with Crippen molar-refractivity contribution in [1.29, 1.82) is 0 Å². The minimum atomic E-state index is -0.628. The van der Waals surface area contributed by atoms with Crippen molar-refractivity contribution >= 4 is 45.9 Å². The Balaban J connectivity index is 1.73. The molecular weight excluding hydrogens is 416 g/mol. The second-order valence-electron chi connectivity index (χ2n) is 6.44. The molecule has 2 aromatic heterocycles. The molecule has 11 heteroatoms. The Morgan fingerprint density at radius 2 is 1.90 bits per heavy atom. The van der Waals surface area contributed by atoms with Crippen molar-refractivity contribution in [3.8, 4) is 0 Å². The summed E-state index contributed by atoms with van der Waals surface area (Å²) in [6.45, 7) is 4.37. The highest BCUT2D eigenvalue weighted by Crippen LogP contribution is 2.40. The Bertz CT molecular complexity index is 948. The van der Waals surface area contributed by atoms with Crippen LogP contribution in [-0.2, 0) is 20.8 Å². The van der Waals surface area contributed by atoms with Crippen molar-refractivity contribution in [3.05, 3.63) is 21.8 Å². The number of thiophene rings is 1. The van der Waals surface area contributed by atoms with Crippen LogP contribution in [0.4, 0.5) is 5.00 Å². The molecule has 1 saturated carbocycles. The number of rotatable bonds is 8. The molecule has 0 spiro atoms. The van der Waals surface area contributed by atoms with Gasteiger partial charge in [-0.3, -0.25) is 4.79 Å². The summed E-state index contributed by atoms with van der Waals surface area (Å²) >= 11 is 2.27. The monoisotopic (exact) mass is 438 g/mol. The van der Waals surface area contributed by atoms with E-state index in [1.807, 2.05) is 11.5 Å². The smallest absolute Gasteiger partial charge is 0.348 e. The molecule has 0 saturated heterocycles. The highest BCUT2D eigenvalue weighted by atomic mass is 32.2. The van der Waals surface area contributed by atoms with E-state index in [1.54, 1.807) is 6.92 Å². The lowest BCUT2D eigenvalue weighted by atomic mass is 10.1. The predicted molar refractivity (Wildman–Crippen MR) is 109 cm³/mol. The number of methoxy groups -OCH3 is 2. The molecule has 0 unspecified atom stereocenters. The van der Waals surface area contributed by atoms with Gasteiger partial charge < -0.3 is 19.4 Å². The number of thioether (sulfide) groups is 1. The topological polar surface area (TPSA) is 112 Å². The summed E-state index contributed by atoms with van der Waals surface area (Å²) in [4.78, 5) is 36.8. The maximum absolute atomic E-state index is 12.5. The Labute approximate surface area is 176 Å². The lowest BCUT2D eigenvalue weighted by molar-refractivity contribution is -0.113. The van der Waals surface area contributed by atoms with Gasteiger partial charge in [0.1, 0.15) is 15.7 Å². The van der Waals surface area contributed by atoms with Crippen LogP contribution in [0.25, 0.3) is 0 Å². The molecule has 0 radical (unpaired) electrons. The summed E-state index contributed by atoms with van der Waals surface area (Å²) in [5.74, 6) is 0.0110. The molecule has 2 aromatic rings. The molecule has 156 valence electrons. The maximum atomic E-state index is 12.5. The van der Waals surface area contributed by atoms with Crippen molar-refractivity contribution in [2.75, 3.05) is 25.3 Å². The summed E-state index contributed by atoms with van der Waals surface area (Å²) in [5.41, 5.74) is 0.570. The molecule has 1 aliphatic carbocycles. The fourth-order valence-electron chi connectivity index (χ4n) is 2.88. The second-order valence-corrected chi connectivity index (χ2v) is 8.40. The van der Waals surface area contributed by atoms with E-state index in [2.05, 4.69) is 15.5 Å². The highest BCUT2D eigenvalue weighted by Gasteiger charge is 2.30. The molecule has 1 amide bonds. The number of anilines is 1. The number of nitrogens with one attached hydrogen (secondary N) is 1. The van der Waals surface area contributed by atoms with E-state index in [4.69, 9.17) is 9.47 Å². The number of aromatic nitrogens is 3. The van der Waals surface area contributed by atoms with Crippen molar-refractivity contribution in [2.45, 2.75) is 44.3 Å². The quantitative estimate of drug-likeness (QED) is 0.495. The molecule has 1 fully saturated rings. The Kier molecular flexibility index (Phi) is 6.58. The van der Waals surface area contributed by atoms with Crippen LogP contribution in [-0.4, -0.2) is 52.6 Å². The van der Waals surface area contributed by atoms with Gasteiger partial charge in [0.25, 0.3) is 0 Å². The van der Waals surface area contributed by atoms with Crippen LogP contribution in [0.3, 0.4) is 0 Å². The minimum absolute atomic E-state index is 0.0912. The number of nitrogens with zero attached hydrogens (tertiary/aromatic N) is 3. The Hall–Kier alpha value is -2.40. The molecule has 0 atom stereocenters. The third-order valence-corrected chi connectivity index (χ3v) is 6.65. The van der Waals surface area contributed by atoms with Gasteiger partial charge in [-0.05, 0) is 32.3 Å². The predicted octanol–water partition coefficient (Wildman–Crippen LogP) is 2.85. The minimum Gasteiger partial charge on any atom is -0.465 e. The molecular formula is C18H22N4O5S2. The van der Waals surface area contributed by atoms with Crippen LogP contribution in [0.15, 0.2) is 5.16 Å². The third-order valence-electron chi connectivity index (χ3n) is 4.50. The number of hydrogen-bond donors (Lipinski definition) is 1. The number of amides is 1. The van der Waals surface area contributed by atoms with E-state index in [1.165, 1.54) is 26.0 Å². The third kappa shape index (κ3) is 4.45. The van der Waals surface area contributed by atoms with Crippen LogP contribution < -0.4 is 5.32 Å². The maximum Gasteiger partial charge on any atom is 0.348 e. The largest absolute Gasteiger partial charge is 0.465 e. The summed E-state index contributed by atoms with van der Waals surface area (Å²) in [7, 11) is 2.50. The highest BCUT2D eigenvalue weighted by molar-refractivity contribution is 7.99. The second kappa shape index (κ2) is 8.95. The molecule has 0 bridgehead atoms. The van der Waals surface area contributed by atoms with Gasteiger partial charge in [0.15, 0.2) is 5.16 Å². The molecule has 29 heavy (non-hydrogen) atoms. The summed E-state index contributed by atoms with van der Waals surface area (Å²) in [5, 5.41) is 12.1. The number of ether oxygens (including phenoxy) is 2. The standard InChI is InChI=1S/C18H22N4O5S2/c1-5-22-14(10-6-7-10)20-21-18(22)28-8-11(23)19-15-12(16(24)26-3)9(2)13(29-15)17(25)27-4/h10H,5-8H2,1-4H3,(H,19,23). The Morgan fingerprint density at radius 3 is 2.48 bits per heavy atom. The van der Waals surface area contributed by atoms with Crippen molar-refractivity contribution < 1.29 is 23.9 Å². The van der Waals surface area contributed by atoms with E-state index in [0.29, 0.717) is 16.6 Å². The van der Waals surface area contributed by atoms with Gasteiger partial charge in [-0.15, -0.1) is 21.5 Å². The number of carbonyl (C=O) groups is 3. The number of hydrogen-bond acceptors (Lipinski definition) is 9. The van der Waals surface area contributed by atoms with Crippen molar-refractivity contribution in [2.24, 2.45) is 0 Å². The van der Waals surface area contributed by atoms with Gasteiger partial charge in [-0.1, -0.05) is 11.8 Å². The number of esters is 2. The SMILES string of the molecule is CCn1c(SCC(=O)Nc2sc(C(=O)OC)c(C)c2C(=O)OC)nnc1C1CC1. The first-order valence-corrected chi connectivity index (χ1v) is 10.9. The van der Waals surface area contributed by atoms with Crippen LogP contribution >= 0.6 is 23.1 Å². The zero-order valence-corrected chi connectivity index (χ0v) is 18.2. The summed E-state index contributed by atoms with van der Waals surface area (Å²) in [6.07, 6.45) is 2.25. The number of carbonyl (C=O) groups excluding carboxylic acids is 3. The molecule has 2 heterocycles. The van der Waals surface area contributed by atoms with E-state index < -0.39 is 11.9 Å². The molecule has 1 aliphatic rings. The molecule has 1 N–H and O–H groups in total. The van der Waals surface area contributed by atoms with E-state index in [-0.39, 0.29) is 27.1 Å². The van der Waals surface area contributed by atoms with E-state index in [0.717, 1.165) is 36.5 Å². The fraction of sp³-hybridized carbons (Fsp3) is 0.500. The van der Waals surface area contributed by atoms with Crippen LogP contribution in [0.2, 0.25) is 0 Å². The summed E-state index contributed by atoms with van der Waals surface area (Å²) in [6, 6.07) is 0. The van der Waals surface area contributed by atoms with E-state index in [9.17, 15) is 14.4 Å². The average Bonchev–Trinajstić information content (AvgIpc) is 3.40. The van der Waals surface area contributed by atoms with Crippen LogP contribution in [0.1, 0.15) is 57.1 Å². The Morgan fingerprint density at radius 1 is 1.21 bits per heavy atom. The lowest BCUT2D eigenvalue weighted by Gasteiger charge is -2.07. The first-order chi connectivity index (χ1) is 13.9. The zero-order chi connectivity index (χ0) is 21.1. The van der Waals surface area contributed by atoms with Gasteiger partial charge in [0.2, 0.25) is 5.91 Å². The summed E-state index contributed by atoms with van der Waals surface area (Å²) < 4.78 is 11.6. The van der Waals surface area contributed by atoms with E-state index >= 15 is 0 Å². The van der Waals surface area contributed by atoms with Crippen LogP contribution in [0, 0.1) is 6.92 Å². The van der Waals surface area contributed by atoms with Gasteiger partial charge in [-0.2, -0.15) is 0 Å². The molecule has 3 rings (SSSR count). The molecule has 0 aliphatic heterocycles.